The molecule has 19 heavy (non-hydrogen) atoms. The van der Waals surface area contributed by atoms with Crippen molar-refractivity contribution in [2.75, 3.05) is 13.2 Å². The summed E-state index contributed by atoms with van der Waals surface area (Å²) in [6.45, 7) is 7.97. The van der Waals surface area contributed by atoms with E-state index < -0.39 is 5.67 Å². The summed E-state index contributed by atoms with van der Waals surface area (Å²) < 4.78 is 25.4. The summed E-state index contributed by atoms with van der Waals surface area (Å²) in [6, 6.07) is 3.56. The average Bonchev–Trinajstić information content (AvgIpc) is 2.25. The molecule has 0 aliphatic carbocycles. The lowest BCUT2D eigenvalue weighted by Crippen LogP contribution is -2.35. The number of nitrogens with two attached hydrogens (primary N) is 1. The smallest absolute Gasteiger partial charge is 0.164 e. The zero-order valence-electron chi connectivity index (χ0n) is 12.0. The van der Waals surface area contributed by atoms with E-state index in [-0.39, 0.29) is 5.54 Å². The Kier molecular flexibility index (Phi) is 3.47. The van der Waals surface area contributed by atoms with E-state index in [9.17, 15) is 4.39 Å². The van der Waals surface area contributed by atoms with Crippen molar-refractivity contribution >= 4 is 0 Å². The van der Waals surface area contributed by atoms with Crippen molar-refractivity contribution in [2.24, 2.45) is 5.73 Å². The fourth-order valence-electron chi connectivity index (χ4n) is 2.19. The first kappa shape index (κ1) is 14.1. The Morgan fingerprint density at radius 3 is 2.37 bits per heavy atom. The molecule has 0 atom stereocenters. The Labute approximate surface area is 113 Å². The number of halogens is 1. The number of fused-ring (bicyclic) bond motifs is 1. The topological polar surface area (TPSA) is 44.5 Å². The van der Waals surface area contributed by atoms with Crippen LogP contribution in [-0.2, 0) is 12.1 Å². The van der Waals surface area contributed by atoms with Crippen LogP contribution in [0.3, 0.4) is 0 Å². The Morgan fingerprint density at radius 2 is 1.79 bits per heavy atom. The molecule has 1 aliphatic rings. The first-order chi connectivity index (χ1) is 8.67. The summed E-state index contributed by atoms with van der Waals surface area (Å²) in [5.41, 5.74) is 5.78. The zero-order valence-corrected chi connectivity index (χ0v) is 12.0. The second-order valence-corrected chi connectivity index (χ2v) is 6.30. The molecular formula is C15H22FNO2. The molecule has 0 saturated carbocycles. The molecule has 106 valence electrons. The van der Waals surface area contributed by atoms with Gasteiger partial charge in [-0.05, 0) is 51.8 Å². The van der Waals surface area contributed by atoms with Gasteiger partial charge in [0.15, 0.2) is 11.5 Å². The molecule has 0 spiro atoms. The molecule has 1 aliphatic heterocycles. The van der Waals surface area contributed by atoms with Crippen molar-refractivity contribution in [3.8, 4) is 11.5 Å². The van der Waals surface area contributed by atoms with Crippen molar-refractivity contribution in [3.63, 3.8) is 0 Å². The van der Waals surface area contributed by atoms with Gasteiger partial charge >= 0.3 is 0 Å². The highest BCUT2D eigenvalue weighted by atomic mass is 19.1. The summed E-state index contributed by atoms with van der Waals surface area (Å²) in [4.78, 5) is 0. The van der Waals surface area contributed by atoms with E-state index in [1.54, 1.807) is 6.07 Å². The number of hydrogen-bond donors (Lipinski definition) is 1. The minimum Gasteiger partial charge on any atom is -0.486 e. The van der Waals surface area contributed by atoms with Crippen LogP contribution < -0.4 is 15.2 Å². The Bertz CT molecular complexity index is 472. The van der Waals surface area contributed by atoms with Crippen molar-refractivity contribution in [1.82, 2.24) is 0 Å². The summed E-state index contributed by atoms with van der Waals surface area (Å²) in [5.74, 6) is 1.33. The number of benzene rings is 1. The molecule has 1 heterocycles. The molecule has 0 bridgehead atoms. The normalized spacial score (nSPS) is 15.5. The monoisotopic (exact) mass is 267 g/mol. The lowest BCUT2D eigenvalue weighted by molar-refractivity contribution is 0.166. The molecule has 0 amide bonds. The van der Waals surface area contributed by atoms with Gasteiger partial charge in [-0.2, -0.15) is 0 Å². The molecule has 2 N–H and O–H groups in total. The molecule has 3 nitrogen and oxygen atoms in total. The Hall–Kier alpha value is -1.29. The van der Waals surface area contributed by atoms with Crippen LogP contribution >= 0.6 is 0 Å². The molecule has 0 aromatic heterocycles. The minimum atomic E-state index is -1.41. The first-order valence-electron chi connectivity index (χ1n) is 6.58. The van der Waals surface area contributed by atoms with Gasteiger partial charge < -0.3 is 15.2 Å². The van der Waals surface area contributed by atoms with Gasteiger partial charge in [0.05, 0.1) is 0 Å². The Morgan fingerprint density at radius 1 is 1.16 bits per heavy atom. The second kappa shape index (κ2) is 4.67. The van der Waals surface area contributed by atoms with Crippen molar-refractivity contribution in [1.29, 1.82) is 0 Å². The molecule has 1 aromatic rings. The van der Waals surface area contributed by atoms with E-state index in [0.717, 1.165) is 5.56 Å². The van der Waals surface area contributed by atoms with Crippen LogP contribution in [0.5, 0.6) is 11.5 Å². The maximum absolute atomic E-state index is 14.2. The van der Waals surface area contributed by atoms with Crippen LogP contribution in [0.1, 0.15) is 38.8 Å². The predicted molar refractivity (Wildman–Crippen MR) is 73.5 cm³/mol. The van der Waals surface area contributed by atoms with Crippen LogP contribution in [0, 0.1) is 0 Å². The summed E-state index contributed by atoms with van der Waals surface area (Å²) in [7, 11) is 0. The summed E-state index contributed by atoms with van der Waals surface area (Å²) in [5, 5.41) is 0. The first-order valence-corrected chi connectivity index (χ1v) is 6.58. The van der Waals surface area contributed by atoms with E-state index in [2.05, 4.69) is 0 Å². The fourth-order valence-corrected chi connectivity index (χ4v) is 2.19. The second-order valence-electron chi connectivity index (χ2n) is 6.30. The maximum Gasteiger partial charge on any atom is 0.164 e. The quantitative estimate of drug-likeness (QED) is 0.915. The van der Waals surface area contributed by atoms with Gasteiger partial charge in [0, 0.05) is 11.1 Å². The number of rotatable bonds is 3. The van der Waals surface area contributed by atoms with Gasteiger partial charge in [0.2, 0.25) is 0 Å². The SMILES string of the molecule is CC(C)(N)Cc1cc(C(C)(C)F)cc2c1OCCO2. The van der Waals surface area contributed by atoms with Gasteiger partial charge in [-0.1, -0.05) is 0 Å². The number of alkyl halides is 1. The molecular weight excluding hydrogens is 245 g/mol. The highest BCUT2D eigenvalue weighted by Gasteiger charge is 2.27. The van der Waals surface area contributed by atoms with Gasteiger partial charge in [0.1, 0.15) is 18.9 Å². The van der Waals surface area contributed by atoms with Gasteiger partial charge in [0.25, 0.3) is 0 Å². The summed E-state index contributed by atoms with van der Waals surface area (Å²) in [6.07, 6.45) is 0.614. The van der Waals surface area contributed by atoms with Gasteiger partial charge in [-0.25, -0.2) is 4.39 Å². The molecule has 0 saturated heterocycles. The van der Waals surface area contributed by atoms with Gasteiger partial charge in [-0.3, -0.25) is 0 Å². The van der Waals surface area contributed by atoms with E-state index in [0.29, 0.717) is 36.7 Å². The lowest BCUT2D eigenvalue weighted by atomic mass is 9.90. The zero-order chi connectivity index (χ0) is 14.3. The Balaban J connectivity index is 2.50. The van der Waals surface area contributed by atoms with Crippen LogP contribution in [0.25, 0.3) is 0 Å². The van der Waals surface area contributed by atoms with E-state index in [4.69, 9.17) is 15.2 Å². The van der Waals surface area contributed by atoms with Crippen molar-refractivity contribution in [3.05, 3.63) is 23.3 Å². The molecule has 2 rings (SSSR count). The van der Waals surface area contributed by atoms with Crippen molar-refractivity contribution in [2.45, 2.75) is 45.3 Å². The van der Waals surface area contributed by atoms with Crippen LogP contribution in [0.15, 0.2) is 12.1 Å². The van der Waals surface area contributed by atoms with Crippen molar-refractivity contribution < 1.29 is 13.9 Å². The average molecular weight is 267 g/mol. The maximum atomic E-state index is 14.2. The lowest BCUT2D eigenvalue weighted by Gasteiger charge is -2.27. The molecule has 0 fully saturated rings. The molecule has 0 radical (unpaired) electrons. The largest absolute Gasteiger partial charge is 0.486 e. The fraction of sp³-hybridized carbons (Fsp3) is 0.600. The highest BCUT2D eigenvalue weighted by molar-refractivity contribution is 5.52. The molecule has 1 aromatic carbocycles. The molecule has 4 heteroatoms. The minimum absolute atomic E-state index is 0.381. The third-order valence-electron chi connectivity index (χ3n) is 3.05. The summed E-state index contributed by atoms with van der Waals surface area (Å²) >= 11 is 0. The van der Waals surface area contributed by atoms with E-state index in [1.807, 2.05) is 19.9 Å². The standard InChI is InChI=1S/C15H22FNO2/c1-14(2,17)9-10-7-11(15(3,4)16)8-12-13(10)19-6-5-18-12/h7-8H,5-6,9,17H2,1-4H3. The van der Waals surface area contributed by atoms with Crippen LogP contribution in [0.2, 0.25) is 0 Å². The molecule has 0 unspecified atom stereocenters. The number of ether oxygens (including phenoxy) is 2. The van der Waals surface area contributed by atoms with E-state index in [1.165, 1.54) is 13.8 Å². The van der Waals surface area contributed by atoms with Crippen LogP contribution in [0.4, 0.5) is 4.39 Å². The van der Waals surface area contributed by atoms with Gasteiger partial charge in [-0.15, -0.1) is 0 Å². The van der Waals surface area contributed by atoms with E-state index >= 15 is 0 Å². The predicted octanol–water partition coefficient (Wildman–Crippen LogP) is 2.94. The third kappa shape index (κ3) is 3.38. The third-order valence-corrected chi connectivity index (χ3v) is 3.05. The van der Waals surface area contributed by atoms with Crippen LogP contribution in [-0.4, -0.2) is 18.8 Å². The highest BCUT2D eigenvalue weighted by Crippen LogP contribution is 2.40. The number of hydrogen-bond acceptors (Lipinski definition) is 3.